The molecular formula is C15H12Br2N6O. The van der Waals surface area contributed by atoms with Gasteiger partial charge in [0.25, 0.3) is 5.91 Å². The summed E-state index contributed by atoms with van der Waals surface area (Å²) in [5.74, 6) is 0.318. The van der Waals surface area contributed by atoms with Crippen molar-refractivity contribution in [3.63, 3.8) is 0 Å². The molecule has 1 N–H and O–H groups in total. The molecule has 1 atom stereocenters. The first-order valence-electron chi connectivity index (χ1n) is 6.97. The summed E-state index contributed by atoms with van der Waals surface area (Å²) >= 11 is 6.76. The molecule has 0 bridgehead atoms. The quantitative estimate of drug-likeness (QED) is 0.658. The second kappa shape index (κ2) is 7.18. The lowest BCUT2D eigenvalue weighted by molar-refractivity contribution is 0.0939. The van der Waals surface area contributed by atoms with Crippen molar-refractivity contribution in [2.75, 3.05) is 0 Å². The van der Waals surface area contributed by atoms with E-state index in [0.717, 1.165) is 8.95 Å². The number of hydrogen-bond acceptors (Lipinski definition) is 5. The fourth-order valence-corrected chi connectivity index (χ4v) is 3.47. The van der Waals surface area contributed by atoms with Gasteiger partial charge in [0, 0.05) is 26.9 Å². The lowest BCUT2D eigenvalue weighted by Crippen LogP contribution is -2.28. The van der Waals surface area contributed by atoms with E-state index >= 15 is 0 Å². The van der Waals surface area contributed by atoms with Crippen molar-refractivity contribution in [3.05, 3.63) is 63.5 Å². The number of nitrogens with zero attached hydrogens (tertiary/aromatic N) is 5. The number of rotatable bonds is 4. The van der Waals surface area contributed by atoms with E-state index in [9.17, 15) is 4.79 Å². The number of nitrogens with one attached hydrogen (secondary N) is 1. The number of amides is 1. The van der Waals surface area contributed by atoms with Crippen LogP contribution in [0.15, 0.2) is 52.2 Å². The van der Waals surface area contributed by atoms with Crippen LogP contribution in [0.5, 0.6) is 0 Å². The minimum atomic E-state index is -0.358. The largest absolute Gasteiger partial charge is 0.344 e. The molecule has 1 amide bonds. The molecule has 7 nitrogen and oxygen atoms in total. The highest BCUT2D eigenvalue weighted by Crippen LogP contribution is 2.21. The third kappa shape index (κ3) is 3.68. The molecule has 0 saturated heterocycles. The normalized spacial score (nSPS) is 12.0. The maximum absolute atomic E-state index is 12.5. The Bertz CT molecular complexity index is 848. The number of carbonyl (C=O) groups is 1. The van der Waals surface area contributed by atoms with Gasteiger partial charge in [-0.3, -0.25) is 9.78 Å². The van der Waals surface area contributed by atoms with Crippen molar-refractivity contribution in [2.45, 2.75) is 13.0 Å². The fraction of sp³-hybridized carbons (Fsp3) is 0.133. The molecule has 0 saturated carbocycles. The van der Waals surface area contributed by atoms with E-state index in [1.165, 1.54) is 17.3 Å². The molecule has 2 heterocycles. The van der Waals surface area contributed by atoms with E-state index in [4.69, 9.17) is 0 Å². The summed E-state index contributed by atoms with van der Waals surface area (Å²) in [5.41, 5.74) is 1.14. The monoisotopic (exact) mass is 450 g/mol. The first-order valence-corrected chi connectivity index (χ1v) is 8.56. The standard InChI is InChI=1S/C15H12Br2N6O/c1-9(22-15(24)10-4-11(16)6-12(17)5-10)13-14(20-3-2-19-13)23-8-18-7-21-23/h2-9H,1H3,(H,22,24). The maximum Gasteiger partial charge on any atom is 0.251 e. The van der Waals surface area contributed by atoms with Crippen molar-refractivity contribution in [2.24, 2.45) is 0 Å². The fourth-order valence-electron chi connectivity index (χ4n) is 2.17. The highest BCUT2D eigenvalue weighted by atomic mass is 79.9. The summed E-state index contributed by atoms with van der Waals surface area (Å²) in [6.07, 6.45) is 6.10. The minimum Gasteiger partial charge on any atom is -0.344 e. The van der Waals surface area contributed by atoms with Crippen molar-refractivity contribution >= 4 is 37.8 Å². The lowest BCUT2D eigenvalue weighted by Gasteiger charge is -2.16. The van der Waals surface area contributed by atoms with Crippen molar-refractivity contribution in [3.8, 4) is 5.82 Å². The van der Waals surface area contributed by atoms with Gasteiger partial charge in [-0.2, -0.15) is 5.10 Å². The van der Waals surface area contributed by atoms with Crippen molar-refractivity contribution in [1.82, 2.24) is 30.0 Å². The highest BCUT2D eigenvalue weighted by molar-refractivity contribution is 9.11. The van der Waals surface area contributed by atoms with Gasteiger partial charge in [0.05, 0.1) is 6.04 Å². The number of hydrogen-bond donors (Lipinski definition) is 1. The Labute approximate surface area is 154 Å². The van der Waals surface area contributed by atoms with E-state index in [1.807, 2.05) is 13.0 Å². The molecular weight excluding hydrogens is 440 g/mol. The molecule has 0 fully saturated rings. The van der Waals surface area contributed by atoms with Gasteiger partial charge in [-0.15, -0.1) is 0 Å². The molecule has 0 aliphatic carbocycles. The van der Waals surface area contributed by atoms with Crippen molar-refractivity contribution in [1.29, 1.82) is 0 Å². The lowest BCUT2D eigenvalue weighted by atomic mass is 10.1. The van der Waals surface area contributed by atoms with Gasteiger partial charge in [-0.1, -0.05) is 31.9 Å². The molecule has 3 aromatic rings. The van der Waals surface area contributed by atoms with Gasteiger partial charge in [0.2, 0.25) is 0 Å². The zero-order chi connectivity index (χ0) is 17.1. The summed E-state index contributed by atoms with van der Waals surface area (Å²) in [6.45, 7) is 1.84. The molecule has 0 radical (unpaired) electrons. The zero-order valence-electron chi connectivity index (χ0n) is 12.5. The van der Waals surface area contributed by atoms with E-state index in [0.29, 0.717) is 17.1 Å². The van der Waals surface area contributed by atoms with Gasteiger partial charge >= 0.3 is 0 Å². The molecule has 3 rings (SSSR count). The summed E-state index contributed by atoms with van der Waals surface area (Å²) < 4.78 is 3.15. The second-order valence-corrected chi connectivity index (χ2v) is 6.79. The summed E-state index contributed by atoms with van der Waals surface area (Å²) in [7, 11) is 0. The van der Waals surface area contributed by atoms with E-state index < -0.39 is 0 Å². The van der Waals surface area contributed by atoms with Crippen LogP contribution in [0, 0.1) is 0 Å². The predicted octanol–water partition coefficient (Wildman–Crippen LogP) is 3.07. The van der Waals surface area contributed by atoms with Crippen LogP contribution in [0.1, 0.15) is 29.0 Å². The Kier molecular flexibility index (Phi) is 5.00. The molecule has 9 heteroatoms. The van der Waals surface area contributed by atoms with E-state index in [1.54, 1.807) is 24.5 Å². The summed E-state index contributed by atoms with van der Waals surface area (Å²) in [6, 6.07) is 5.01. The molecule has 0 spiro atoms. The van der Waals surface area contributed by atoms with Gasteiger partial charge in [0.15, 0.2) is 5.82 Å². The van der Waals surface area contributed by atoms with Crippen LogP contribution < -0.4 is 5.32 Å². The van der Waals surface area contributed by atoms with Gasteiger partial charge < -0.3 is 5.32 Å². The average Bonchev–Trinajstić information content (AvgIpc) is 3.08. The topological polar surface area (TPSA) is 85.6 Å². The number of aromatic nitrogens is 5. The van der Waals surface area contributed by atoms with Crippen LogP contribution in [0.25, 0.3) is 5.82 Å². The van der Waals surface area contributed by atoms with Gasteiger partial charge in [-0.05, 0) is 25.1 Å². The first kappa shape index (κ1) is 16.7. The maximum atomic E-state index is 12.5. The number of halogens is 2. The molecule has 0 aliphatic heterocycles. The Morgan fingerprint density at radius 1 is 1.17 bits per heavy atom. The molecule has 0 aliphatic rings. The second-order valence-electron chi connectivity index (χ2n) is 4.96. The number of benzene rings is 1. The predicted molar refractivity (Wildman–Crippen MR) is 94.7 cm³/mol. The Morgan fingerprint density at radius 2 is 1.88 bits per heavy atom. The molecule has 1 unspecified atom stereocenters. The van der Waals surface area contributed by atoms with Gasteiger partial charge in [0.1, 0.15) is 18.3 Å². The van der Waals surface area contributed by atoms with E-state index in [2.05, 4.69) is 57.2 Å². The average molecular weight is 452 g/mol. The van der Waals surface area contributed by atoms with Crippen molar-refractivity contribution < 1.29 is 4.79 Å². The Hall–Kier alpha value is -2.13. The van der Waals surface area contributed by atoms with Crippen LogP contribution in [0.2, 0.25) is 0 Å². The molecule has 122 valence electrons. The Balaban J connectivity index is 1.85. The smallest absolute Gasteiger partial charge is 0.251 e. The number of carbonyl (C=O) groups excluding carboxylic acids is 1. The van der Waals surface area contributed by atoms with E-state index in [-0.39, 0.29) is 11.9 Å². The minimum absolute atomic E-state index is 0.209. The molecule has 1 aromatic carbocycles. The highest BCUT2D eigenvalue weighted by Gasteiger charge is 2.18. The van der Waals surface area contributed by atoms with Crippen LogP contribution in [0.3, 0.4) is 0 Å². The summed E-state index contributed by atoms with van der Waals surface area (Å²) in [4.78, 5) is 25.0. The molecule has 2 aromatic heterocycles. The first-order chi connectivity index (χ1) is 11.5. The van der Waals surface area contributed by atoms with Crippen LogP contribution in [0.4, 0.5) is 0 Å². The third-order valence-electron chi connectivity index (χ3n) is 3.22. The Morgan fingerprint density at radius 3 is 2.54 bits per heavy atom. The van der Waals surface area contributed by atoms with Crippen LogP contribution >= 0.6 is 31.9 Å². The third-order valence-corrected chi connectivity index (χ3v) is 4.14. The van der Waals surface area contributed by atoms with Crippen LogP contribution in [-0.4, -0.2) is 30.6 Å². The SMILES string of the molecule is CC(NC(=O)c1cc(Br)cc(Br)c1)c1nccnc1-n1cncn1. The molecule has 24 heavy (non-hydrogen) atoms. The van der Waals surface area contributed by atoms with Crippen LogP contribution in [-0.2, 0) is 0 Å². The van der Waals surface area contributed by atoms with Gasteiger partial charge in [-0.25, -0.2) is 14.6 Å². The zero-order valence-corrected chi connectivity index (χ0v) is 15.7. The summed E-state index contributed by atoms with van der Waals surface area (Å²) in [5, 5.41) is 6.99.